The van der Waals surface area contributed by atoms with Crippen LogP contribution in [0.4, 0.5) is 0 Å². The molecule has 1 aliphatic carbocycles. The molecule has 64 valence electrons. The first-order valence-electron chi connectivity index (χ1n) is 3.94. The Morgan fingerprint density at radius 1 is 1.75 bits per heavy atom. The molecule has 0 saturated carbocycles. The van der Waals surface area contributed by atoms with E-state index >= 15 is 0 Å². The number of carbonyl (C=O) groups is 1. The third-order valence-electron chi connectivity index (χ3n) is 2.19. The minimum absolute atomic E-state index is 0.291. The summed E-state index contributed by atoms with van der Waals surface area (Å²) in [6.07, 6.45) is 2.67. The number of thiazole rings is 1. The number of rotatable bonds is 1. The van der Waals surface area contributed by atoms with Gasteiger partial charge in [-0.3, -0.25) is 4.79 Å². The molecule has 0 amide bonds. The molecule has 0 fully saturated rings. The predicted octanol–water partition coefficient (Wildman–Crippen LogP) is 1.65. The summed E-state index contributed by atoms with van der Waals surface area (Å²) < 4.78 is 0. The van der Waals surface area contributed by atoms with Gasteiger partial charge in [0.2, 0.25) is 0 Å². The molecule has 0 unspecified atom stereocenters. The Morgan fingerprint density at radius 2 is 2.58 bits per heavy atom. The summed E-state index contributed by atoms with van der Waals surface area (Å²) in [5, 5.41) is 8.88. The summed E-state index contributed by atoms with van der Waals surface area (Å²) in [6.45, 7) is 0. The summed E-state index contributed by atoms with van der Waals surface area (Å²) in [5.41, 5.74) is 2.74. The van der Waals surface area contributed by atoms with Crippen molar-refractivity contribution in [3.8, 4) is 0 Å². The van der Waals surface area contributed by atoms with Crippen LogP contribution in [0.5, 0.6) is 0 Å². The molecule has 0 aliphatic heterocycles. The van der Waals surface area contributed by atoms with E-state index in [0.717, 1.165) is 29.8 Å². The van der Waals surface area contributed by atoms with Crippen molar-refractivity contribution in [2.45, 2.75) is 25.2 Å². The first-order chi connectivity index (χ1) is 5.79. The maximum atomic E-state index is 10.8. The zero-order chi connectivity index (χ0) is 8.55. The molecule has 0 radical (unpaired) electrons. The van der Waals surface area contributed by atoms with E-state index in [-0.39, 0.29) is 5.92 Å². The Hall–Kier alpha value is -0.900. The number of aliphatic carboxylic acids is 1. The van der Waals surface area contributed by atoms with Crippen LogP contribution in [0, 0.1) is 0 Å². The molecule has 1 atom stereocenters. The first-order valence-corrected chi connectivity index (χ1v) is 4.82. The van der Waals surface area contributed by atoms with Gasteiger partial charge in [0.15, 0.2) is 0 Å². The normalized spacial score (nSPS) is 21.8. The van der Waals surface area contributed by atoms with Crippen molar-refractivity contribution in [2.24, 2.45) is 0 Å². The van der Waals surface area contributed by atoms with Crippen molar-refractivity contribution < 1.29 is 9.90 Å². The molecule has 1 aromatic heterocycles. The van der Waals surface area contributed by atoms with E-state index < -0.39 is 5.97 Å². The van der Waals surface area contributed by atoms with E-state index in [9.17, 15) is 4.79 Å². The lowest BCUT2D eigenvalue weighted by molar-refractivity contribution is -0.139. The van der Waals surface area contributed by atoms with Gasteiger partial charge in [-0.1, -0.05) is 0 Å². The molecule has 4 heteroatoms. The van der Waals surface area contributed by atoms with Gasteiger partial charge in [-0.15, -0.1) is 11.3 Å². The van der Waals surface area contributed by atoms with E-state index in [1.165, 1.54) is 11.3 Å². The second-order valence-electron chi connectivity index (χ2n) is 2.95. The van der Waals surface area contributed by atoms with Gasteiger partial charge in [0.05, 0.1) is 17.1 Å². The van der Waals surface area contributed by atoms with E-state index in [1.54, 1.807) is 5.51 Å². The monoisotopic (exact) mass is 183 g/mol. The second-order valence-corrected chi connectivity index (χ2v) is 3.83. The number of carboxylic acids is 1. The molecule has 0 spiro atoms. The van der Waals surface area contributed by atoms with Crippen LogP contribution in [0.2, 0.25) is 0 Å². The van der Waals surface area contributed by atoms with Crippen LogP contribution in [0.1, 0.15) is 29.3 Å². The Labute approximate surface area is 74.1 Å². The molecule has 1 aliphatic rings. The summed E-state index contributed by atoms with van der Waals surface area (Å²) in [4.78, 5) is 15.9. The number of fused-ring (bicyclic) bond motifs is 1. The maximum absolute atomic E-state index is 10.8. The smallest absolute Gasteiger partial charge is 0.311 e. The van der Waals surface area contributed by atoms with Gasteiger partial charge in [-0.2, -0.15) is 0 Å². The number of carboxylic acid groups (broad SMARTS) is 1. The van der Waals surface area contributed by atoms with Crippen LogP contribution in [0.15, 0.2) is 5.51 Å². The van der Waals surface area contributed by atoms with Crippen LogP contribution < -0.4 is 0 Å². The van der Waals surface area contributed by atoms with Crippen LogP contribution in [0.3, 0.4) is 0 Å². The quantitative estimate of drug-likeness (QED) is 0.720. The third kappa shape index (κ3) is 1.12. The highest BCUT2D eigenvalue weighted by molar-refractivity contribution is 7.10. The van der Waals surface area contributed by atoms with Crippen LogP contribution in [-0.4, -0.2) is 16.1 Å². The summed E-state index contributed by atoms with van der Waals surface area (Å²) in [7, 11) is 0. The molecule has 0 aromatic carbocycles. The molecule has 2 rings (SSSR count). The zero-order valence-electron chi connectivity index (χ0n) is 6.49. The fourth-order valence-electron chi connectivity index (χ4n) is 1.59. The number of nitrogens with zero attached hydrogens (tertiary/aromatic N) is 1. The van der Waals surface area contributed by atoms with Crippen molar-refractivity contribution >= 4 is 17.3 Å². The summed E-state index contributed by atoms with van der Waals surface area (Å²) in [6, 6.07) is 0. The Morgan fingerprint density at radius 3 is 3.33 bits per heavy atom. The van der Waals surface area contributed by atoms with Crippen molar-refractivity contribution in [2.75, 3.05) is 0 Å². The second kappa shape index (κ2) is 2.86. The zero-order valence-corrected chi connectivity index (χ0v) is 7.30. The van der Waals surface area contributed by atoms with Crippen LogP contribution >= 0.6 is 11.3 Å². The van der Waals surface area contributed by atoms with Crippen LogP contribution in [0.25, 0.3) is 0 Å². The summed E-state index contributed by atoms with van der Waals surface area (Å²) in [5.74, 6) is -0.999. The predicted molar refractivity (Wildman–Crippen MR) is 45.4 cm³/mol. The fourth-order valence-corrected chi connectivity index (χ4v) is 2.56. The number of hydrogen-bond donors (Lipinski definition) is 1. The topological polar surface area (TPSA) is 50.2 Å². The number of aryl methyl sites for hydroxylation is 1. The van der Waals surface area contributed by atoms with Crippen molar-refractivity contribution in [1.82, 2.24) is 4.98 Å². The first kappa shape index (κ1) is 7.73. The lowest BCUT2D eigenvalue weighted by atomic mass is 9.92. The van der Waals surface area contributed by atoms with Crippen molar-refractivity contribution in [3.05, 3.63) is 16.1 Å². The van der Waals surface area contributed by atoms with Gasteiger partial charge >= 0.3 is 5.97 Å². The Bertz CT molecular complexity index is 308. The molecule has 0 saturated heterocycles. The molecule has 12 heavy (non-hydrogen) atoms. The van der Waals surface area contributed by atoms with Crippen LogP contribution in [-0.2, 0) is 11.2 Å². The molecule has 1 aromatic rings. The highest BCUT2D eigenvalue weighted by Crippen LogP contribution is 2.33. The Kier molecular flexibility index (Phi) is 1.84. The van der Waals surface area contributed by atoms with E-state index in [2.05, 4.69) is 4.98 Å². The van der Waals surface area contributed by atoms with Gasteiger partial charge < -0.3 is 5.11 Å². The van der Waals surface area contributed by atoms with E-state index in [1.807, 2.05) is 0 Å². The lowest BCUT2D eigenvalue weighted by Crippen LogP contribution is -2.16. The SMILES string of the molecule is O=C(O)[C@H]1CCCc2ncsc21. The Balaban J connectivity index is 2.37. The van der Waals surface area contributed by atoms with Gasteiger partial charge in [0.25, 0.3) is 0 Å². The van der Waals surface area contributed by atoms with Gasteiger partial charge in [-0.05, 0) is 19.3 Å². The van der Waals surface area contributed by atoms with Crippen molar-refractivity contribution in [3.63, 3.8) is 0 Å². The molecular formula is C8H9NO2S. The lowest BCUT2D eigenvalue weighted by Gasteiger charge is -2.16. The fraction of sp³-hybridized carbons (Fsp3) is 0.500. The largest absolute Gasteiger partial charge is 0.481 e. The third-order valence-corrected chi connectivity index (χ3v) is 3.18. The standard InChI is InChI=1S/C8H9NO2S/c10-8(11)5-2-1-3-6-7(5)12-4-9-6/h4-5H,1-3H2,(H,10,11)/t5-/m0/s1. The molecule has 1 heterocycles. The maximum Gasteiger partial charge on any atom is 0.311 e. The molecule has 1 N–H and O–H groups in total. The minimum Gasteiger partial charge on any atom is -0.481 e. The minimum atomic E-state index is -0.708. The van der Waals surface area contributed by atoms with Gasteiger partial charge in [0.1, 0.15) is 0 Å². The molecule has 0 bridgehead atoms. The average molecular weight is 183 g/mol. The van der Waals surface area contributed by atoms with Crippen molar-refractivity contribution in [1.29, 1.82) is 0 Å². The van der Waals surface area contributed by atoms with Gasteiger partial charge in [0, 0.05) is 4.88 Å². The highest BCUT2D eigenvalue weighted by atomic mass is 32.1. The number of hydrogen-bond acceptors (Lipinski definition) is 3. The average Bonchev–Trinajstić information content (AvgIpc) is 2.49. The number of aromatic nitrogens is 1. The molecular weight excluding hydrogens is 174 g/mol. The highest BCUT2D eigenvalue weighted by Gasteiger charge is 2.27. The van der Waals surface area contributed by atoms with E-state index in [0.29, 0.717) is 0 Å². The van der Waals surface area contributed by atoms with Gasteiger partial charge in [-0.25, -0.2) is 4.98 Å². The molecule has 3 nitrogen and oxygen atoms in total. The van der Waals surface area contributed by atoms with E-state index in [4.69, 9.17) is 5.11 Å². The summed E-state index contributed by atoms with van der Waals surface area (Å²) >= 11 is 1.47.